The molecule has 0 saturated carbocycles. The van der Waals surface area contributed by atoms with Crippen LogP contribution in [0.2, 0.25) is 0 Å². The van der Waals surface area contributed by atoms with E-state index in [2.05, 4.69) is 24.1 Å². The van der Waals surface area contributed by atoms with Gasteiger partial charge in [0.1, 0.15) is 0 Å². The summed E-state index contributed by atoms with van der Waals surface area (Å²) in [6.07, 6.45) is 1.04. The summed E-state index contributed by atoms with van der Waals surface area (Å²) >= 11 is 0. The Hall–Kier alpha value is -0.680. The quantitative estimate of drug-likeness (QED) is 0.808. The fraction of sp³-hybridized carbons (Fsp3) is 0.647. The second kappa shape index (κ2) is 11.0. The molecule has 4 nitrogen and oxygen atoms in total. The van der Waals surface area contributed by atoms with Crippen LogP contribution in [-0.4, -0.2) is 42.8 Å². The molecule has 1 heterocycles. The van der Waals surface area contributed by atoms with E-state index in [1.54, 1.807) is 0 Å². The number of hydrogen-bond acceptors (Lipinski definition) is 4. The second-order valence-electron chi connectivity index (χ2n) is 6.06. The minimum Gasteiger partial charge on any atom is -0.504 e. The fourth-order valence-electron chi connectivity index (χ4n) is 2.99. The Labute approximate surface area is 152 Å². The molecule has 0 aromatic heterocycles. The zero-order chi connectivity index (χ0) is 15.2. The summed E-state index contributed by atoms with van der Waals surface area (Å²) in [5.74, 6) is 1.49. The minimum absolute atomic E-state index is 0. The van der Waals surface area contributed by atoms with Crippen LogP contribution in [0.5, 0.6) is 11.5 Å². The summed E-state index contributed by atoms with van der Waals surface area (Å²) < 4.78 is 5.54. The molecular formula is C17H30Cl2N2O2. The normalized spacial score (nSPS) is 16.3. The molecule has 0 bridgehead atoms. The molecule has 1 saturated heterocycles. The van der Waals surface area contributed by atoms with Gasteiger partial charge in [0.2, 0.25) is 0 Å². The highest BCUT2D eigenvalue weighted by molar-refractivity contribution is 5.85. The molecule has 134 valence electrons. The molecular weight excluding hydrogens is 335 g/mol. The van der Waals surface area contributed by atoms with Crippen LogP contribution >= 0.6 is 24.8 Å². The smallest absolute Gasteiger partial charge is 0.162 e. The average molecular weight is 365 g/mol. The highest BCUT2D eigenvalue weighted by Gasteiger charge is 2.26. The molecule has 1 aliphatic rings. The summed E-state index contributed by atoms with van der Waals surface area (Å²) in [5, 5.41) is 14.0. The molecule has 1 atom stereocenters. The minimum atomic E-state index is 0. The standard InChI is InChI=1S/C17H28N2O2.2ClH/c1-4-21-16-7-5-6-14(17(16)20)15(12-13(2)3)19-10-8-18-9-11-19;;/h5-7,13,15,18,20H,4,8-12H2,1-3H3;2*1H/t15-;;/m1../s1. The zero-order valence-electron chi connectivity index (χ0n) is 14.2. The molecule has 1 aromatic carbocycles. The van der Waals surface area contributed by atoms with Crippen molar-refractivity contribution in [3.05, 3.63) is 23.8 Å². The number of ether oxygens (including phenoxy) is 1. The summed E-state index contributed by atoms with van der Waals surface area (Å²) in [6.45, 7) is 11.1. The molecule has 1 aromatic rings. The topological polar surface area (TPSA) is 44.7 Å². The van der Waals surface area contributed by atoms with E-state index in [1.807, 2.05) is 25.1 Å². The maximum Gasteiger partial charge on any atom is 0.162 e. The maximum absolute atomic E-state index is 10.6. The van der Waals surface area contributed by atoms with Crippen LogP contribution in [0.3, 0.4) is 0 Å². The summed E-state index contributed by atoms with van der Waals surface area (Å²) in [5.41, 5.74) is 0.997. The fourth-order valence-corrected chi connectivity index (χ4v) is 2.99. The lowest BCUT2D eigenvalue weighted by Crippen LogP contribution is -2.45. The van der Waals surface area contributed by atoms with E-state index in [0.29, 0.717) is 24.0 Å². The van der Waals surface area contributed by atoms with Crippen molar-refractivity contribution in [3.8, 4) is 11.5 Å². The summed E-state index contributed by atoms with van der Waals surface area (Å²) in [7, 11) is 0. The van der Waals surface area contributed by atoms with Crippen LogP contribution in [-0.2, 0) is 0 Å². The summed E-state index contributed by atoms with van der Waals surface area (Å²) in [4.78, 5) is 2.47. The van der Waals surface area contributed by atoms with E-state index in [1.165, 1.54) is 0 Å². The molecule has 6 heteroatoms. The number of nitrogens with one attached hydrogen (secondary N) is 1. The maximum atomic E-state index is 10.6. The SMILES string of the molecule is CCOc1cccc([C@@H](CC(C)C)N2CCNCC2)c1O.Cl.Cl. The Bertz CT molecular complexity index is 452. The molecule has 0 unspecified atom stereocenters. The molecule has 1 aliphatic heterocycles. The molecule has 0 amide bonds. The zero-order valence-corrected chi connectivity index (χ0v) is 15.9. The molecule has 1 fully saturated rings. The third-order valence-corrected chi connectivity index (χ3v) is 3.98. The van der Waals surface area contributed by atoms with Crippen molar-refractivity contribution in [3.63, 3.8) is 0 Å². The first-order valence-electron chi connectivity index (χ1n) is 8.03. The average Bonchev–Trinajstić information content (AvgIpc) is 2.48. The molecule has 2 rings (SSSR count). The van der Waals surface area contributed by atoms with Crippen molar-refractivity contribution in [2.75, 3.05) is 32.8 Å². The lowest BCUT2D eigenvalue weighted by Gasteiger charge is -2.36. The Morgan fingerprint density at radius 2 is 1.87 bits per heavy atom. The lowest BCUT2D eigenvalue weighted by molar-refractivity contribution is 0.151. The molecule has 0 aliphatic carbocycles. The highest BCUT2D eigenvalue weighted by Crippen LogP contribution is 2.39. The van der Waals surface area contributed by atoms with Crippen molar-refractivity contribution in [2.45, 2.75) is 33.2 Å². The van der Waals surface area contributed by atoms with Crippen molar-refractivity contribution < 1.29 is 9.84 Å². The molecule has 23 heavy (non-hydrogen) atoms. The van der Waals surface area contributed by atoms with E-state index in [-0.39, 0.29) is 30.9 Å². The Kier molecular flexibility index (Phi) is 10.7. The highest BCUT2D eigenvalue weighted by atomic mass is 35.5. The van der Waals surface area contributed by atoms with Gasteiger partial charge in [-0.25, -0.2) is 0 Å². The van der Waals surface area contributed by atoms with Crippen LogP contribution in [0.15, 0.2) is 18.2 Å². The first-order valence-corrected chi connectivity index (χ1v) is 8.03. The predicted molar refractivity (Wildman–Crippen MR) is 100 cm³/mol. The molecule has 2 N–H and O–H groups in total. The van der Waals surface area contributed by atoms with Gasteiger partial charge >= 0.3 is 0 Å². The van der Waals surface area contributed by atoms with Gasteiger partial charge in [-0.1, -0.05) is 26.0 Å². The van der Waals surface area contributed by atoms with Gasteiger partial charge in [-0.3, -0.25) is 4.90 Å². The number of para-hydroxylation sites is 1. The Balaban J connectivity index is 0.00000242. The first kappa shape index (κ1) is 22.3. The number of phenols is 1. The van der Waals surface area contributed by atoms with Crippen molar-refractivity contribution in [1.29, 1.82) is 0 Å². The van der Waals surface area contributed by atoms with E-state index in [9.17, 15) is 5.11 Å². The number of rotatable bonds is 6. The number of hydrogen-bond donors (Lipinski definition) is 2. The lowest BCUT2D eigenvalue weighted by atomic mass is 9.94. The Morgan fingerprint density at radius 1 is 1.22 bits per heavy atom. The second-order valence-corrected chi connectivity index (χ2v) is 6.06. The number of phenolic OH excluding ortho intramolecular Hbond substituents is 1. The van der Waals surface area contributed by atoms with Gasteiger partial charge in [0.15, 0.2) is 11.5 Å². The Morgan fingerprint density at radius 3 is 2.43 bits per heavy atom. The monoisotopic (exact) mass is 364 g/mol. The van der Waals surface area contributed by atoms with Crippen LogP contribution in [0.4, 0.5) is 0 Å². The van der Waals surface area contributed by atoms with Crippen LogP contribution in [0.25, 0.3) is 0 Å². The molecule has 0 radical (unpaired) electrons. The van der Waals surface area contributed by atoms with Gasteiger partial charge in [0.25, 0.3) is 0 Å². The van der Waals surface area contributed by atoms with Crippen LogP contribution in [0, 0.1) is 5.92 Å². The van der Waals surface area contributed by atoms with E-state index in [4.69, 9.17) is 4.74 Å². The van der Waals surface area contributed by atoms with Gasteiger partial charge in [0.05, 0.1) is 6.61 Å². The van der Waals surface area contributed by atoms with Gasteiger partial charge in [-0.05, 0) is 25.3 Å². The van der Waals surface area contributed by atoms with Crippen molar-refractivity contribution in [2.24, 2.45) is 5.92 Å². The van der Waals surface area contributed by atoms with Gasteiger partial charge in [-0.2, -0.15) is 0 Å². The number of aromatic hydroxyl groups is 1. The number of benzene rings is 1. The molecule has 0 spiro atoms. The van der Waals surface area contributed by atoms with Crippen LogP contribution < -0.4 is 10.1 Å². The third kappa shape index (κ3) is 6.03. The van der Waals surface area contributed by atoms with Gasteiger partial charge < -0.3 is 15.2 Å². The first-order chi connectivity index (χ1) is 10.1. The van der Waals surface area contributed by atoms with E-state index >= 15 is 0 Å². The number of nitrogens with zero attached hydrogens (tertiary/aromatic N) is 1. The van der Waals surface area contributed by atoms with Crippen LogP contribution in [0.1, 0.15) is 38.8 Å². The van der Waals surface area contributed by atoms with Gasteiger partial charge in [0, 0.05) is 37.8 Å². The van der Waals surface area contributed by atoms with E-state index in [0.717, 1.165) is 38.2 Å². The van der Waals surface area contributed by atoms with E-state index < -0.39 is 0 Å². The number of halogens is 2. The summed E-state index contributed by atoms with van der Waals surface area (Å²) in [6, 6.07) is 6.11. The largest absolute Gasteiger partial charge is 0.504 e. The number of piperazine rings is 1. The predicted octanol–water partition coefficient (Wildman–Crippen LogP) is 3.63. The van der Waals surface area contributed by atoms with Gasteiger partial charge in [-0.15, -0.1) is 24.8 Å². The van der Waals surface area contributed by atoms with Crippen molar-refractivity contribution >= 4 is 24.8 Å². The third-order valence-electron chi connectivity index (χ3n) is 3.98. The van der Waals surface area contributed by atoms with Crippen molar-refractivity contribution in [1.82, 2.24) is 10.2 Å².